The van der Waals surface area contributed by atoms with Gasteiger partial charge in [0.1, 0.15) is 0 Å². The number of rotatable bonds is 5. The molecular weight excluding hydrogens is 274 g/mol. The van der Waals surface area contributed by atoms with Gasteiger partial charge in [0.25, 0.3) is 0 Å². The second-order valence-corrected chi connectivity index (χ2v) is 6.41. The fourth-order valence-corrected chi connectivity index (χ4v) is 3.78. The van der Waals surface area contributed by atoms with Crippen molar-refractivity contribution >= 4 is 22.1 Å². The van der Waals surface area contributed by atoms with Crippen LogP contribution in [0, 0.1) is 0 Å². The van der Waals surface area contributed by atoms with Crippen molar-refractivity contribution in [1.29, 1.82) is 0 Å². The van der Waals surface area contributed by atoms with E-state index in [9.17, 15) is 0 Å². The quantitative estimate of drug-likeness (QED) is 0.636. The summed E-state index contributed by atoms with van der Waals surface area (Å²) in [4.78, 5) is 1.42. The predicted octanol–water partition coefficient (Wildman–Crippen LogP) is 5.70. The average Bonchev–Trinajstić information content (AvgIpc) is 3.06. The Balaban J connectivity index is 1.88. The van der Waals surface area contributed by atoms with Gasteiger partial charge in [-0.05, 0) is 41.1 Å². The molecule has 2 atom stereocenters. The summed E-state index contributed by atoms with van der Waals surface area (Å²) in [5.41, 5.74) is 1.38. The number of hydrogen-bond acceptors (Lipinski definition) is 2. The molecule has 1 aromatic heterocycles. The van der Waals surface area contributed by atoms with Crippen LogP contribution in [0.15, 0.2) is 60.0 Å². The SMILES string of the molecule is CCC(NC(C)c1cccc2ccccc12)c1cccs1. The van der Waals surface area contributed by atoms with Crippen LogP contribution in [0.25, 0.3) is 10.8 Å². The van der Waals surface area contributed by atoms with Gasteiger partial charge in [0.15, 0.2) is 0 Å². The molecular formula is C19H21NS. The summed E-state index contributed by atoms with van der Waals surface area (Å²) in [5.74, 6) is 0. The second kappa shape index (κ2) is 6.42. The third-order valence-electron chi connectivity index (χ3n) is 4.04. The number of benzene rings is 2. The van der Waals surface area contributed by atoms with Crippen molar-refractivity contribution in [2.24, 2.45) is 0 Å². The minimum absolute atomic E-state index is 0.336. The van der Waals surface area contributed by atoms with Crippen LogP contribution in [-0.4, -0.2) is 0 Å². The summed E-state index contributed by atoms with van der Waals surface area (Å²) in [6.07, 6.45) is 1.11. The molecule has 1 nitrogen and oxygen atoms in total. The van der Waals surface area contributed by atoms with Crippen LogP contribution in [0.2, 0.25) is 0 Å². The lowest BCUT2D eigenvalue weighted by Crippen LogP contribution is -2.23. The van der Waals surface area contributed by atoms with Gasteiger partial charge in [0.2, 0.25) is 0 Å². The average molecular weight is 295 g/mol. The fourth-order valence-electron chi connectivity index (χ4n) is 2.91. The lowest BCUT2D eigenvalue weighted by atomic mass is 9.98. The number of thiophene rings is 1. The minimum atomic E-state index is 0.336. The lowest BCUT2D eigenvalue weighted by molar-refractivity contribution is 0.464. The zero-order chi connectivity index (χ0) is 14.7. The molecule has 2 unspecified atom stereocenters. The minimum Gasteiger partial charge on any atom is -0.303 e. The van der Waals surface area contributed by atoms with Crippen molar-refractivity contribution in [1.82, 2.24) is 5.32 Å². The number of nitrogens with one attached hydrogen (secondary N) is 1. The molecule has 0 aliphatic carbocycles. The molecule has 108 valence electrons. The summed E-state index contributed by atoms with van der Waals surface area (Å²) in [5, 5.41) is 8.60. The summed E-state index contributed by atoms with van der Waals surface area (Å²) < 4.78 is 0. The van der Waals surface area contributed by atoms with Crippen LogP contribution >= 0.6 is 11.3 Å². The highest BCUT2D eigenvalue weighted by Crippen LogP contribution is 2.28. The Morgan fingerprint density at radius 2 is 1.81 bits per heavy atom. The smallest absolute Gasteiger partial charge is 0.0416 e. The van der Waals surface area contributed by atoms with Gasteiger partial charge in [-0.15, -0.1) is 11.3 Å². The molecule has 1 heterocycles. The zero-order valence-corrected chi connectivity index (χ0v) is 13.4. The van der Waals surface area contributed by atoms with E-state index in [2.05, 4.69) is 79.1 Å². The maximum atomic E-state index is 3.79. The number of fused-ring (bicyclic) bond motifs is 1. The first kappa shape index (κ1) is 14.3. The molecule has 2 heteroatoms. The highest BCUT2D eigenvalue weighted by Gasteiger charge is 2.15. The van der Waals surface area contributed by atoms with Gasteiger partial charge in [0.05, 0.1) is 0 Å². The fraction of sp³-hybridized carbons (Fsp3) is 0.263. The molecule has 0 amide bonds. The molecule has 0 aliphatic heterocycles. The highest BCUT2D eigenvalue weighted by atomic mass is 32.1. The van der Waals surface area contributed by atoms with E-state index < -0.39 is 0 Å². The molecule has 0 bridgehead atoms. The Bertz CT molecular complexity index is 697. The molecule has 0 saturated heterocycles. The zero-order valence-electron chi connectivity index (χ0n) is 12.5. The maximum absolute atomic E-state index is 3.79. The van der Waals surface area contributed by atoms with Crippen molar-refractivity contribution in [2.45, 2.75) is 32.4 Å². The third kappa shape index (κ3) is 3.02. The molecule has 1 N–H and O–H groups in total. The van der Waals surface area contributed by atoms with Crippen LogP contribution in [0.4, 0.5) is 0 Å². The Hall–Kier alpha value is -1.64. The second-order valence-electron chi connectivity index (χ2n) is 5.43. The van der Waals surface area contributed by atoms with E-state index in [0.717, 1.165) is 6.42 Å². The maximum Gasteiger partial charge on any atom is 0.0416 e. The molecule has 21 heavy (non-hydrogen) atoms. The molecule has 3 aromatic rings. The topological polar surface area (TPSA) is 12.0 Å². The summed E-state index contributed by atoms with van der Waals surface area (Å²) in [6.45, 7) is 4.51. The standard InChI is InChI=1S/C19H21NS/c1-3-18(19-12-7-13-21-19)20-14(2)16-11-6-9-15-8-4-5-10-17(15)16/h4-14,18,20H,3H2,1-2H3. The molecule has 3 rings (SSSR count). The van der Waals surface area contributed by atoms with Gasteiger partial charge in [-0.1, -0.05) is 55.5 Å². The van der Waals surface area contributed by atoms with E-state index >= 15 is 0 Å². The molecule has 0 fully saturated rings. The first-order valence-corrected chi connectivity index (χ1v) is 8.44. The van der Waals surface area contributed by atoms with Crippen LogP contribution in [-0.2, 0) is 0 Å². The van der Waals surface area contributed by atoms with Crippen molar-refractivity contribution < 1.29 is 0 Å². The molecule has 0 radical (unpaired) electrons. The van der Waals surface area contributed by atoms with E-state index in [-0.39, 0.29) is 0 Å². The van der Waals surface area contributed by atoms with E-state index in [4.69, 9.17) is 0 Å². The normalized spacial score (nSPS) is 14.2. The van der Waals surface area contributed by atoms with Gasteiger partial charge in [0, 0.05) is 17.0 Å². The van der Waals surface area contributed by atoms with Crippen LogP contribution in [0.1, 0.15) is 42.8 Å². The molecule has 0 saturated carbocycles. The van der Waals surface area contributed by atoms with Crippen molar-refractivity contribution in [2.75, 3.05) is 0 Å². The lowest BCUT2D eigenvalue weighted by Gasteiger charge is -2.23. The van der Waals surface area contributed by atoms with Gasteiger partial charge in [-0.25, -0.2) is 0 Å². The van der Waals surface area contributed by atoms with Crippen LogP contribution in [0.5, 0.6) is 0 Å². The molecule has 0 spiro atoms. The monoisotopic (exact) mass is 295 g/mol. The van der Waals surface area contributed by atoms with Crippen molar-refractivity contribution in [3.63, 3.8) is 0 Å². The van der Waals surface area contributed by atoms with Gasteiger partial charge in [-0.2, -0.15) is 0 Å². The van der Waals surface area contributed by atoms with E-state index in [0.29, 0.717) is 12.1 Å². The summed E-state index contributed by atoms with van der Waals surface area (Å²) >= 11 is 1.83. The van der Waals surface area contributed by atoms with Crippen molar-refractivity contribution in [3.8, 4) is 0 Å². The molecule has 0 aliphatic rings. The summed E-state index contributed by atoms with van der Waals surface area (Å²) in [6, 6.07) is 20.3. The third-order valence-corrected chi connectivity index (χ3v) is 5.02. The predicted molar refractivity (Wildman–Crippen MR) is 92.8 cm³/mol. The van der Waals surface area contributed by atoms with Gasteiger partial charge < -0.3 is 5.32 Å². The van der Waals surface area contributed by atoms with Crippen LogP contribution < -0.4 is 5.32 Å². The van der Waals surface area contributed by atoms with Gasteiger partial charge >= 0.3 is 0 Å². The van der Waals surface area contributed by atoms with Crippen molar-refractivity contribution in [3.05, 3.63) is 70.4 Å². The largest absolute Gasteiger partial charge is 0.303 e. The first-order valence-electron chi connectivity index (χ1n) is 7.56. The summed E-state index contributed by atoms with van der Waals surface area (Å²) in [7, 11) is 0. The van der Waals surface area contributed by atoms with Gasteiger partial charge in [-0.3, -0.25) is 0 Å². The highest BCUT2D eigenvalue weighted by molar-refractivity contribution is 7.10. The van der Waals surface area contributed by atoms with E-state index in [1.165, 1.54) is 21.2 Å². The number of hydrogen-bond donors (Lipinski definition) is 1. The van der Waals surface area contributed by atoms with Crippen LogP contribution in [0.3, 0.4) is 0 Å². The van der Waals surface area contributed by atoms with E-state index in [1.807, 2.05) is 11.3 Å². The van der Waals surface area contributed by atoms with E-state index in [1.54, 1.807) is 0 Å². The Labute approximate surface area is 130 Å². The Morgan fingerprint density at radius 1 is 1.00 bits per heavy atom. The first-order chi connectivity index (χ1) is 10.3. The Morgan fingerprint density at radius 3 is 2.57 bits per heavy atom. The molecule has 2 aromatic carbocycles. The Kier molecular flexibility index (Phi) is 4.37.